The predicted molar refractivity (Wildman–Crippen MR) is 246 cm³/mol. The highest BCUT2D eigenvalue weighted by molar-refractivity contribution is 5.93. The Morgan fingerprint density at radius 3 is 1.89 bits per heavy atom. The molecule has 0 saturated carbocycles. The molecule has 1 aliphatic heterocycles. The molecule has 7 rings (SSSR count). The molecule has 62 heavy (non-hydrogen) atoms. The number of nitrogens with two attached hydrogens (primary N) is 1. The van der Waals surface area contributed by atoms with Crippen LogP contribution < -0.4 is 16.4 Å². The van der Waals surface area contributed by atoms with Crippen molar-refractivity contribution in [2.45, 2.75) is 89.7 Å². The second-order valence-corrected chi connectivity index (χ2v) is 16.1. The zero-order valence-electron chi connectivity index (χ0n) is 35.3. The summed E-state index contributed by atoms with van der Waals surface area (Å²) in [5.74, 6) is -0.0267. The Morgan fingerprint density at radius 2 is 1.23 bits per heavy atom. The molecule has 5 N–H and O–H groups in total. The second kappa shape index (κ2) is 22.7. The number of anilines is 2. The maximum absolute atomic E-state index is 12.7. The van der Waals surface area contributed by atoms with Crippen molar-refractivity contribution in [3.05, 3.63) is 191 Å². The number of amides is 2. The van der Waals surface area contributed by atoms with E-state index >= 15 is 0 Å². The van der Waals surface area contributed by atoms with E-state index in [9.17, 15) is 14.7 Å². The van der Waals surface area contributed by atoms with Gasteiger partial charge < -0.3 is 30.9 Å². The van der Waals surface area contributed by atoms with Crippen LogP contribution in [0.3, 0.4) is 0 Å². The van der Waals surface area contributed by atoms with Crippen molar-refractivity contribution < 1.29 is 24.2 Å². The van der Waals surface area contributed by atoms with Gasteiger partial charge in [-0.3, -0.25) is 14.5 Å². The Labute approximate surface area is 365 Å². The first-order valence-corrected chi connectivity index (χ1v) is 21.8. The number of unbranched alkanes of at least 4 members (excludes halogenated alkanes) is 3. The van der Waals surface area contributed by atoms with Gasteiger partial charge in [0.25, 0.3) is 0 Å². The number of carbonyl (C=O) groups excluding carboxylic acids is 2. The third-order valence-electron chi connectivity index (χ3n) is 11.3. The van der Waals surface area contributed by atoms with Crippen molar-refractivity contribution in [2.24, 2.45) is 0 Å². The first kappa shape index (κ1) is 44.0. The van der Waals surface area contributed by atoms with Crippen LogP contribution in [0.1, 0.15) is 90.7 Å². The zero-order chi connectivity index (χ0) is 42.9. The van der Waals surface area contributed by atoms with Crippen LogP contribution in [0.2, 0.25) is 0 Å². The van der Waals surface area contributed by atoms with Crippen molar-refractivity contribution in [3.8, 4) is 11.1 Å². The number of benzene rings is 6. The highest BCUT2D eigenvalue weighted by Crippen LogP contribution is 2.39. The first-order chi connectivity index (χ1) is 30.4. The Balaban J connectivity index is 0.938. The van der Waals surface area contributed by atoms with Crippen LogP contribution in [0.4, 0.5) is 11.4 Å². The summed E-state index contributed by atoms with van der Waals surface area (Å²) in [5.41, 5.74) is 15.6. The number of hydrogen-bond donors (Lipinski definition) is 4. The molecular formula is C53H58N4O5. The molecule has 3 unspecified atom stereocenters. The van der Waals surface area contributed by atoms with E-state index in [0.717, 1.165) is 78.7 Å². The SMILES string of the molecule is Nc1ccccc1NC(=O)CCCCCCC(=O)NCc1cccc(-c2ccc(C3OC(CN(Cc4ccccc4)Cc4ccccc4)CC(c4ccc(CO)cc4)O3)cc2)c1. The minimum atomic E-state index is -0.568. The van der Waals surface area contributed by atoms with Crippen molar-refractivity contribution in [1.29, 1.82) is 0 Å². The second-order valence-electron chi connectivity index (χ2n) is 16.1. The molecule has 0 aliphatic carbocycles. The van der Waals surface area contributed by atoms with Crippen molar-refractivity contribution in [1.82, 2.24) is 10.2 Å². The minimum Gasteiger partial charge on any atom is -0.397 e. The van der Waals surface area contributed by atoms with Gasteiger partial charge in [-0.1, -0.05) is 152 Å². The molecule has 320 valence electrons. The van der Waals surface area contributed by atoms with Gasteiger partial charge in [-0.2, -0.15) is 0 Å². The Morgan fingerprint density at radius 1 is 0.613 bits per heavy atom. The number of nitrogens with zero attached hydrogens (tertiary/aromatic N) is 1. The first-order valence-electron chi connectivity index (χ1n) is 21.8. The summed E-state index contributed by atoms with van der Waals surface area (Å²) >= 11 is 0. The summed E-state index contributed by atoms with van der Waals surface area (Å²) in [6, 6.07) is 53.0. The summed E-state index contributed by atoms with van der Waals surface area (Å²) in [6.45, 7) is 2.76. The lowest BCUT2D eigenvalue weighted by Gasteiger charge is -2.38. The van der Waals surface area contributed by atoms with Crippen LogP contribution in [0, 0.1) is 0 Å². The fourth-order valence-electron chi connectivity index (χ4n) is 7.92. The standard InChI is InChI=1S/C53H58N4O5/c54-48-20-11-12-21-49(48)56-52(60)23-10-2-1-9-22-51(59)55-34-42-18-13-19-46(32-42)43-28-30-45(31-29-43)53-61-47(33-50(62-53)44-26-24-41(38-58)25-27-44)37-57(35-39-14-5-3-6-15-39)36-40-16-7-4-8-17-40/h3-8,11-21,24-32,47,50,53,58H,1-2,9-10,22-23,33-38,54H2,(H,55,59)(H,56,60). The normalized spacial score (nSPS) is 16.2. The number of para-hydroxylation sites is 2. The molecule has 6 aromatic carbocycles. The van der Waals surface area contributed by atoms with Crippen LogP contribution >= 0.6 is 0 Å². The average Bonchev–Trinajstić information content (AvgIpc) is 3.31. The van der Waals surface area contributed by atoms with Crippen molar-refractivity contribution in [3.63, 3.8) is 0 Å². The van der Waals surface area contributed by atoms with Crippen LogP contribution in [-0.4, -0.2) is 34.5 Å². The number of aliphatic hydroxyl groups is 1. The Kier molecular flexibility index (Phi) is 16.1. The molecule has 1 aliphatic rings. The molecule has 0 bridgehead atoms. The zero-order valence-corrected chi connectivity index (χ0v) is 35.3. The monoisotopic (exact) mass is 830 g/mol. The van der Waals surface area contributed by atoms with E-state index in [-0.39, 0.29) is 30.6 Å². The van der Waals surface area contributed by atoms with Crippen molar-refractivity contribution >= 4 is 23.2 Å². The van der Waals surface area contributed by atoms with Crippen molar-refractivity contribution in [2.75, 3.05) is 17.6 Å². The molecule has 6 aromatic rings. The smallest absolute Gasteiger partial charge is 0.224 e. The van der Waals surface area contributed by atoms with Gasteiger partial charge in [0, 0.05) is 51.0 Å². The molecule has 0 spiro atoms. The number of nitrogen functional groups attached to an aromatic ring is 1. The molecule has 1 fully saturated rings. The molecule has 9 heteroatoms. The highest BCUT2D eigenvalue weighted by atomic mass is 16.7. The Hall–Kier alpha value is -6.10. The summed E-state index contributed by atoms with van der Waals surface area (Å²) in [5, 5.41) is 15.6. The fraction of sp³-hybridized carbons (Fsp3) is 0.283. The largest absolute Gasteiger partial charge is 0.397 e. The minimum absolute atomic E-state index is 0.00378. The van der Waals surface area contributed by atoms with Gasteiger partial charge in [-0.05, 0) is 70.0 Å². The van der Waals surface area contributed by atoms with E-state index in [2.05, 4.69) is 125 Å². The maximum Gasteiger partial charge on any atom is 0.224 e. The lowest BCUT2D eigenvalue weighted by molar-refractivity contribution is -0.253. The molecule has 2 amide bonds. The average molecular weight is 831 g/mol. The highest BCUT2D eigenvalue weighted by Gasteiger charge is 2.33. The van der Waals surface area contributed by atoms with E-state index in [1.807, 2.05) is 36.4 Å². The quantitative estimate of drug-likeness (QED) is 0.0446. The summed E-state index contributed by atoms with van der Waals surface area (Å²) in [4.78, 5) is 27.4. The predicted octanol–water partition coefficient (Wildman–Crippen LogP) is 10.3. The lowest BCUT2D eigenvalue weighted by atomic mass is 9.98. The van der Waals surface area contributed by atoms with Gasteiger partial charge in [0.2, 0.25) is 11.8 Å². The molecule has 9 nitrogen and oxygen atoms in total. The third-order valence-corrected chi connectivity index (χ3v) is 11.3. The number of carbonyl (C=O) groups is 2. The molecule has 0 aromatic heterocycles. The van der Waals surface area contributed by atoms with Gasteiger partial charge in [-0.25, -0.2) is 0 Å². The fourth-order valence-corrected chi connectivity index (χ4v) is 7.92. The molecular weight excluding hydrogens is 773 g/mol. The topological polar surface area (TPSA) is 126 Å². The molecule has 1 heterocycles. The van der Waals surface area contributed by atoms with E-state index in [1.165, 1.54) is 11.1 Å². The summed E-state index contributed by atoms with van der Waals surface area (Å²) in [7, 11) is 0. The molecule has 1 saturated heterocycles. The number of rotatable bonds is 20. The van der Waals surface area contributed by atoms with Gasteiger partial charge in [0.1, 0.15) is 0 Å². The molecule has 3 atom stereocenters. The molecule has 0 radical (unpaired) electrons. The van der Waals surface area contributed by atoms with Crippen LogP contribution in [0.5, 0.6) is 0 Å². The van der Waals surface area contributed by atoms with Crippen LogP contribution in [0.25, 0.3) is 11.1 Å². The van der Waals surface area contributed by atoms with Gasteiger partial charge in [-0.15, -0.1) is 0 Å². The number of nitrogens with one attached hydrogen (secondary N) is 2. The van der Waals surface area contributed by atoms with E-state index in [1.54, 1.807) is 12.1 Å². The van der Waals surface area contributed by atoms with E-state index in [4.69, 9.17) is 15.2 Å². The van der Waals surface area contributed by atoms with E-state index < -0.39 is 6.29 Å². The van der Waals surface area contributed by atoms with Crippen LogP contribution in [0.15, 0.2) is 158 Å². The van der Waals surface area contributed by atoms with Crippen LogP contribution in [-0.2, 0) is 45.3 Å². The number of hydrogen-bond acceptors (Lipinski definition) is 7. The van der Waals surface area contributed by atoms with Gasteiger partial charge in [0.05, 0.1) is 30.2 Å². The summed E-state index contributed by atoms with van der Waals surface area (Å²) < 4.78 is 13.5. The van der Waals surface area contributed by atoms with Gasteiger partial charge in [0.15, 0.2) is 6.29 Å². The maximum atomic E-state index is 12.7. The Bertz CT molecular complexity index is 2260. The number of aliphatic hydroxyl groups excluding tert-OH is 1. The van der Waals surface area contributed by atoms with E-state index in [0.29, 0.717) is 37.2 Å². The third kappa shape index (κ3) is 13.2. The van der Waals surface area contributed by atoms with Gasteiger partial charge >= 0.3 is 0 Å². The number of ether oxygens (including phenoxy) is 2. The lowest BCUT2D eigenvalue weighted by Crippen LogP contribution is -2.39. The summed E-state index contributed by atoms with van der Waals surface area (Å²) in [6.07, 6.45) is 4.02.